The summed E-state index contributed by atoms with van der Waals surface area (Å²) in [5, 5.41) is 2.95. The Morgan fingerprint density at radius 3 is 2.04 bits per heavy atom. The molecular formula is C22H27NO. The van der Waals surface area contributed by atoms with Gasteiger partial charge in [0, 0.05) is 11.3 Å². The van der Waals surface area contributed by atoms with Gasteiger partial charge in [-0.3, -0.25) is 4.79 Å². The van der Waals surface area contributed by atoms with E-state index in [0.717, 1.165) is 11.3 Å². The summed E-state index contributed by atoms with van der Waals surface area (Å²) >= 11 is 0. The quantitative estimate of drug-likeness (QED) is 0.745. The lowest BCUT2D eigenvalue weighted by atomic mass is 9.87. The zero-order valence-corrected chi connectivity index (χ0v) is 15.3. The van der Waals surface area contributed by atoms with Gasteiger partial charge in [0.25, 0.3) is 5.91 Å². The average Bonchev–Trinajstić information content (AvgIpc) is 2.53. The average molecular weight is 321 g/mol. The summed E-state index contributed by atoms with van der Waals surface area (Å²) in [6, 6.07) is 15.7. The van der Waals surface area contributed by atoms with Crippen LogP contribution in [0.4, 0.5) is 5.69 Å². The van der Waals surface area contributed by atoms with Gasteiger partial charge >= 0.3 is 0 Å². The number of amides is 1. The van der Waals surface area contributed by atoms with Crippen LogP contribution in [0.2, 0.25) is 0 Å². The molecule has 2 rings (SSSR count). The topological polar surface area (TPSA) is 29.1 Å². The molecule has 0 atom stereocenters. The Kier molecular flexibility index (Phi) is 5.61. The highest BCUT2D eigenvalue weighted by Gasteiger charge is 2.13. The van der Waals surface area contributed by atoms with Crippen molar-refractivity contribution in [1.29, 1.82) is 0 Å². The highest BCUT2D eigenvalue weighted by Crippen LogP contribution is 2.23. The van der Waals surface area contributed by atoms with E-state index in [2.05, 4.69) is 64.2 Å². The first-order valence-corrected chi connectivity index (χ1v) is 8.46. The molecule has 1 N–H and O–H groups in total. The van der Waals surface area contributed by atoms with Crippen molar-refractivity contribution < 1.29 is 4.79 Å². The lowest BCUT2D eigenvalue weighted by molar-refractivity contribution is 0.102. The Hall–Kier alpha value is -2.35. The molecule has 1 amide bonds. The van der Waals surface area contributed by atoms with E-state index in [4.69, 9.17) is 0 Å². The second-order valence-electron chi connectivity index (χ2n) is 7.51. The van der Waals surface area contributed by atoms with Gasteiger partial charge in [-0.05, 0) is 46.7 Å². The minimum atomic E-state index is -0.0853. The van der Waals surface area contributed by atoms with Crippen LogP contribution in [0.15, 0.2) is 54.6 Å². The van der Waals surface area contributed by atoms with E-state index in [9.17, 15) is 4.79 Å². The predicted molar refractivity (Wildman–Crippen MR) is 103 cm³/mol. The number of anilines is 1. The molecule has 0 aliphatic carbocycles. The Morgan fingerprint density at radius 1 is 0.958 bits per heavy atom. The fourth-order valence-corrected chi connectivity index (χ4v) is 2.31. The fraction of sp³-hybridized carbons (Fsp3) is 0.318. The number of carbonyl (C=O) groups is 1. The summed E-state index contributed by atoms with van der Waals surface area (Å²) in [7, 11) is 0. The largest absolute Gasteiger partial charge is 0.322 e. The lowest BCUT2D eigenvalue weighted by Crippen LogP contribution is -2.13. The van der Waals surface area contributed by atoms with Crippen molar-refractivity contribution in [2.45, 2.75) is 40.0 Å². The third kappa shape index (κ3) is 5.09. The monoisotopic (exact) mass is 321 g/mol. The van der Waals surface area contributed by atoms with Crippen LogP contribution >= 0.6 is 0 Å². The van der Waals surface area contributed by atoms with E-state index < -0.39 is 0 Å². The van der Waals surface area contributed by atoms with Gasteiger partial charge in [-0.2, -0.15) is 0 Å². The number of nitrogens with one attached hydrogen (secondary N) is 1. The molecule has 0 aromatic heterocycles. The zero-order chi connectivity index (χ0) is 17.7. The van der Waals surface area contributed by atoms with E-state index in [0.29, 0.717) is 11.5 Å². The van der Waals surface area contributed by atoms with E-state index in [-0.39, 0.29) is 11.3 Å². The molecule has 126 valence electrons. The summed E-state index contributed by atoms with van der Waals surface area (Å²) in [5.74, 6) is 0.432. The second-order valence-corrected chi connectivity index (χ2v) is 7.51. The number of benzene rings is 2. The maximum absolute atomic E-state index is 12.3. The number of hydrogen-bond donors (Lipinski definition) is 1. The van der Waals surface area contributed by atoms with Gasteiger partial charge in [-0.1, -0.05) is 71.0 Å². The van der Waals surface area contributed by atoms with Crippen molar-refractivity contribution in [1.82, 2.24) is 0 Å². The molecule has 0 heterocycles. The number of allylic oxidation sites excluding steroid dienone is 1. The maximum atomic E-state index is 12.3. The van der Waals surface area contributed by atoms with Gasteiger partial charge < -0.3 is 5.32 Å². The first-order chi connectivity index (χ1) is 11.3. The minimum Gasteiger partial charge on any atom is -0.322 e. The van der Waals surface area contributed by atoms with E-state index in [1.807, 2.05) is 36.4 Å². The van der Waals surface area contributed by atoms with Gasteiger partial charge in [0.2, 0.25) is 0 Å². The SMILES string of the molecule is CC(C)C=Cc1ccc(C(=O)Nc2ccc(C(C)(C)C)cc2)cc1. The molecule has 24 heavy (non-hydrogen) atoms. The Bertz CT molecular complexity index is 701. The van der Waals surface area contributed by atoms with E-state index >= 15 is 0 Å². The molecule has 0 bridgehead atoms. The highest BCUT2D eigenvalue weighted by atomic mass is 16.1. The molecule has 0 fully saturated rings. The second kappa shape index (κ2) is 7.48. The minimum absolute atomic E-state index is 0.0853. The van der Waals surface area contributed by atoms with Gasteiger partial charge in [0.15, 0.2) is 0 Å². The zero-order valence-electron chi connectivity index (χ0n) is 15.3. The van der Waals surface area contributed by atoms with Crippen molar-refractivity contribution in [2.75, 3.05) is 5.32 Å². The van der Waals surface area contributed by atoms with Crippen LogP contribution in [-0.2, 0) is 5.41 Å². The Balaban J connectivity index is 2.04. The molecule has 0 aliphatic heterocycles. The molecule has 0 saturated heterocycles. The van der Waals surface area contributed by atoms with Crippen LogP contribution in [0.25, 0.3) is 6.08 Å². The summed E-state index contributed by atoms with van der Waals surface area (Å²) in [6.07, 6.45) is 4.23. The van der Waals surface area contributed by atoms with Crippen LogP contribution in [0.3, 0.4) is 0 Å². The normalized spacial score (nSPS) is 11.9. The first-order valence-electron chi connectivity index (χ1n) is 8.46. The lowest BCUT2D eigenvalue weighted by Gasteiger charge is -2.19. The van der Waals surface area contributed by atoms with Crippen LogP contribution in [0.1, 0.15) is 56.1 Å². The number of hydrogen-bond acceptors (Lipinski definition) is 1. The van der Waals surface area contributed by atoms with E-state index in [1.54, 1.807) is 0 Å². The fourth-order valence-electron chi connectivity index (χ4n) is 2.31. The predicted octanol–water partition coefficient (Wildman–Crippen LogP) is 5.91. The van der Waals surface area contributed by atoms with Gasteiger partial charge in [0.05, 0.1) is 0 Å². The van der Waals surface area contributed by atoms with Crippen molar-refractivity contribution >= 4 is 17.7 Å². The molecule has 2 aromatic rings. The van der Waals surface area contributed by atoms with Crippen LogP contribution < -0.4 is 5.32 Å². The van der Waals surface area contributed by atoms with Crippen LogP contribution in [0.5, 0.6) is 0 Å². The summed E-state index contributed by atoms with van der Waals surface area (Å²) in [5.41, 5.74) is 3.95. The first kappa shape index (κ1) is 18.0. The van der Waals surface area contributed by atoms with Crippen LogP contribution in [-0.4, -0.2) is 5.91 Å². The van der Waals surface area contributed by atoms with Gasteiger partial charge in [0.1, 0.15) is 0 Å². The smallest absolute Gasteiger partial charge is 0.255 e. The Morgan fingerprint density at radius 2 is 1.54 bits per heavy atom. The van der Waals surface area contributed by atoms with Crippen molar-refractivity contribution in [3.8, 4) is 0 Å². The van der Waals surface area contributed by atoms with Crippen molar-refractivity contribution in [3.05, 3.63) is 71.3 Å². The summed E-state index contributed by atoms with van der Waals surface area (Å²) in [4.78, 5) is 12.3. The number of rotatable bonds is 4. The Labute approximate surface area is 145 Å². The molecule has 0 unspecified atom stereocenters. The van der Waals surface area contributed by atoms with E-state index in [1.165, 1.54) is 5.56 Å². The summed E-state index contributed by atoms with van der Waals surface area (Å²) in [6.45, 7) is 10.8. The molecule has 0 aliphatic rings. The maximum Gasteiger partial charge on any atom is 0.255 e. The summed E-state index contributed by atoms with van der Waals surface area (Å²) < 4.78 is 0. The molecule has 2 heteroatoms. The standard InChI is InChI=1S/C22H27NO/c1-16(2)6-7-17-8-10-18(11-9-17)21(24)23-20-14-12-19(13-15-20)22(3,4)5/h6-16H,1-5H3,(H,23,24). The molecule has 2 aromatic carbocycles. The van der Waals surface area contributed by atoms with Gasteiger partial charge in [-0.15, -0.1) is 0 Å². The molecule has 0 radical (unpaired) electrons. The van der Waals surface area contributed by atoms with Crippen molar-refractivity contribution in [3.63, 3.8) is 0 Å². The van der Waals surface area contributed by atoms with Gasteiger partial charge in [-0.25, -0.2) is 0 Å². The molecule has 0 spiro atoms. The molecular weight excluding hydrogens is 294 g/mol. The molecule has 0 saturated carbocycles. The molecule has 2 nitrogen and oxygen atoms in total. The third-order valence-corrected chi connectivity index (χ3v) is 3.86. The third-order valence-electron chi connectivity index (χ3n) is 3.86. The highest BCUT2D eigenvalue weighted by molar-refractivity contribution is 6.04. The number of carbonyl (C=O) groups excluding carboxylic acids is 1. The van der Waals surface area contributed by atoms with Crippen LogP contribution in [0, 0.1) is 5.92 Å². The van der Waals surface area contributed by atoms with Crippen molar-refractivity contribution in [2.24, 2.45) is 5.92 Å².